The second-order valence-electron chi connectivity index (χ2n) is 4.09. The van der Waals surface area contributed by atoms with Crippen LogP contribution in [0.25, 0.3) is 0 Å². The highest BCUT2D eigenvalue weighted by Crippen LogP contribution is 2.32. The lowest BCUT2D eigenvalue weighted by Gasteiger charge is -2.12. The number of carbonyl (C=O) groups excluding carboxylic acids is 1. The van der Waals surface area contributed by atoms with Crippen LogP contribution in [-0.4, -0.2) is 6.03 Å². The van der Waals surface area contributed by atoms with Crippen molar-refractivity contribution in [2.24, 2.45) is 0 Å². The molecule has 2 amide bonds. The molecular formula is C13H9Br2Cl2N3O. The first-order valence-electron chi connectivity index (χ1n) is 5.64. The smallest absolute Gasteiger partial charge is 0.323 e. The van der Waals surface area contributed by atoms with E-state index < -0.39 is 6.03 Å². The van der Waals surface area contributed by atoms with E-state index in [1.165, 1.54) is 0 Å². The Kier molecular flexibility index (Phi) is 5.37. The molecule has 4 nitrogen and oxygen atoms in total. The number of amides is 2. The van der Waals surface area contributed by atoms with Crippen LogP contribution in [0.15, 0.2) is 39.3 Å². The summed E-state index contributed by atoms with van der Waals surface area (Å²) in [7, 11) is 0. The molecule has 0 unspecified atom stereocenters. The molecule has 0 aliphatic carbocycles. The summed E-state index contributed by atoms with van der Waals surface area (Å²) in [6.07, 6.45) is 0. The van der Waals surface area contributed by atoms with Crippen LogP contribution in [0.3, 0.4) is 0 Å². The summed E-state index contributed by atoms with van der Waals surface area (Å²) < 4.78 is 1.47. The Balaban J connectivity index is 2.15. The lowest BCUT2D eigenvalue weighted by molar-refractivity contribution is 0.262. The number of benzene rings is 2. The Morgan fingerprint density at radius 2 is 1.62 bits per heavy atom. The Morgan fingerprint density at radius 1 is 1.00 bits per heavy atom. The van der Waals surface area contributed by atoms with E-state index in [2.05, 4.69) is 42.5 Å². The second kappa shape index (κ2) is 6.87. The van der Waals surface area contributed by atoms with E-state index in [1.54, 1.807) is 30.3 Å². The molecule has 0 aromatic heterocycles. The molecule has 0 aliphatic rings. The van der Waals surface area contributed by atoms with Gasteiger partial charge in [-0.2, -0.15) is 0 Å². The number of anilines is 3. The van der Waals surface area contributed by atoms with Crippen LogP contribution in [0.1, 0.15) is 0 Å². The fraction of sp³-hybridized carbons (Fsp3) is 0. The normalized spacial score (nSPS) is 10.3. The minimum atomic E-state index is -0.456. The van der Waals surface area contributed by atoms with E-state index in [9.17, 15) is 4.79 Å². The minimum Gasteiger partial charge on any atom is -0.397 e. The van der Waals surface area contributed by atoms with E-state index in [1.807, 2.05) is 0 Å². The van der Waals surface area contributed by atoms with Crippen molar-refractivity contribution < 1.29 is 4.79 Å². The Bertz CT molecular complexity index is 667. The summed E-state index contributed by atoms with van der Waals surface area (Å²) in [4.78, 5) is 12.0. The molecule has 8 heteroatoms. The van der Waals surface area contributed by atoms with Gasteiger partial charge >= 0.3 is 6.03 Å². The molecule has 0 fully saturated rings. The number of halogens is 4. The maximum Gasteiger partial charge on any atom is 0.323 e. The van der Waals surface area contributed by atoms with E-state index in [-0.39, 0.29) is 0 Å². The van der Waals surface area contributed by atoms with Crippen molar-refractivity contribution in [1.82, 2.24) is 0 Å². The molecule has 0 saturated carbocycles. The van der Waals surface area contributed by atoms with Gasteiger partial charge in [-0.25, -0.2) is 4.79 Å². The van der Waals surface area contributed by atoms with Crippen LogP contribution in [-0.2, 0) is 0 Å². The van der Waals surface area contributed by atoms with Crippen molar-refractivity contribution >= 4 is 78.2 Å². The number of nitrogens with two attached hydrogens (primary N) is 1. The number of nitrogen functional groups attached to an aromatic ring is 1. The zero-order valence-corrected chi connectivity index (χ0v) is 15.1. The molecule has 0 bridgehead atoms. The first-order valence-corrected chi connectivity index (χ1v) is 7.98. The van der Waals surface area contributed by atoms with Crippen molar-refractivity contribution in [1.29, 1.82) is 0 Å². The molecule has 0 saturated heterocycles. The number of urea groups is 1. The van der Waals surface area contributed by atoms with Crippen LogP contribution < -0.4 is 16.4 Å². The SMILES string of the molecule is Nc1cc(Br)cc(Br)c1NC(=O)Nc1cc(Cl)cc(Cl)c1. The maximum absolute atomic E-state index is 12.0. The standard InChI is InChI=1S/C13H9Br2Cl2N3O/c14-6-1-10(15)12(11(18)2-6)20-13(21)19-9-4-7(16)3-8(17)5-9/h1-5H,18H2,(H2,19,20,21). The number of carbonyl (C=O) groups is 1. The zero-order chi connectivity index (χ0) is 15.6. The first-order chi connectivity index (χ1) is 9.85. The highest BCUT2D eigenvalue weighted by molar-refractivity contribution is 9.11. The molecule has 2 aromatic carbocycles. The predicted octanol–water partition coefficient (Wildman–Crippen LogP) is 5.74. The topological polar surface area (TPSA) is 67.1 Å². The third kappa shape index (κ3) is 4.51. The Morgan fingerprint density at radius 3 is 2.19 bits per heavy atom. The number of hydrogen-bond donors (Lipinski definition) is 3. The van der Waals surface area contributed by atoms with Crippen molar-refractivity contribution in [2.45, 2.75) is 0 Å². The predicted molar refractivity (Wildman–Crippen MR) is 95.4 cm³/mol. The Hall–Kier alpha value is -0.950. The molecule has 21 heavy (non-hydrogen) atoms. The fourth-order valence-corrected chi connectivity index (χ4v) is 3.51. The first kappa shape index (κ1) is 16.4. The van der Waals surface area contributed by atoms with Gasteiger partial charge in [-0.15, -0.1) is 0 Å². The van der Waals surface area contributed by atoms with Gasteiger partial charge in [0, 0.05) is 24.7 Å². The molecule has 4 N–H and O–H groups in total. The van der Waals surface area contributed by atoms with E-state index in [4.69, 9.17) is 28.9 Å². The summed E-state index contributed by atoms with van der Waals surface area (Å²) in [5.41, 5.74) is 7.25. The quantitative estimate of drug-likeness (QED) is 0.507. The second-order valence-corrected chi connectivity index (χ2v) is 6.73. The number of nitrogens with one attached hydrogen (secondary N) is 2. The minimum absolute atomic E-state index is 0.426. The van der Waals surface area contributed by atoms with Crippen molar-refractivity contribution in [3.8, 4) is 0 Å². The molecular weight excluding hydrogens is 445 g/mol. The van der Waals surface area contributed by atoms with Crippen LogP contribution in [0.2, 0.25) is 10.0 Å². The lowest BCUT2D eigenvalue weighted by atomic mass is 10.2. The number of rotatable bonds is 2. The van der Waals surface area contributed by atoms with Gasteiger partial charge in [-0.3, -0.25) is 0 Å². The highest BCUT2D eigenvalue weighted by Gasteiger charge is 2.11. The van der Waals surface area contributed by atoms with Gasteiger partial charge in [-0.1, -0.05) is 39.1 Å². The van der Waals surface area contributed by atoms with Gasteiger partial charge in [0.05, 0.1) is 11.4 Å². The molecule has 0 radical (unpaired) electrons. The highest BCUT2D eigenvalue weighted by atomic mass is 79.9. The largest absolute Gasteiger partial charge is 0.397 e. The lowest BCUT2D eigenvalue weighted by Crippen LogP contribution is -2.20. The van der Waals surface area contributed by atoms with Crippen LogP contribution in [0.5, 0.6) is 0 Å². The summed E-state index contributed by atoms with van der Waals surface area (Å²) >= 11 is 18.4. The molecule has 2 aromatic rings. The fourth-order valence-electron chi connectivity index (χ4n) is 1.63. The third-order valence-electron chi connectivity index (χ3n) is 2.44. The molecule has 110 valence electrons. The molecule has 0 aliphatic heterocycles. The molecule has 0 heterocycles. The van der Waals surface area contributed by atoms with E-state index in [0.29, 0.717) is 31.6 Å². The van der Waals surface area contributed by atoms with Crippen molar-refractivity contribution in [2.75, 3.05) is 16.4 Å². The third-order valence-corrected chi connectivity index (χ3v) is 3.96. The van der Waals surface area contributed by atoms with Crippen molar-refractivity contribution in [3.63, 3.8) is 0 Å². The number of hydrogen-bond acceptors (Lipinski definition) is 2. The summed E-state index contributed by atoms with van der Waals surface area (Å²) in [6, 6.07) is 7.77. The van der Waals surface area contributed by atoms with Gasteiger partial charge in [0.25, 0.3) is 0 Å². The van der Waals surface area contributed by atoms with Crippen molar-refractivity contribution in [3.05, 3.63) is 49.3 Å². The Labute approximate surface area is 148 Å². The maximum atomic E-state index is 12.0. The molecule has 2 rings (SSSR count). The van der Waals surface area contributed by atoms with Crippen LogP contribution >= 0.6 is 55.1 Å². The average Bonchev–Trinajstić information content (AvgIpc) is 2.32. The van der Waals surface area contributed by atoms with Gasteiger partial charge in [0.2, 0.25) is 0 Å². The van der Waals surface area contributed by atoms with Gasteiger partial charge in [-0.05, 0) is 46.3 Å². The van der Waals surface area contributed by atoms with Gasteiger partial charge in [0.1, 0.15) is 0 Å². The van der Waals surface area contributed by atoms with E-state index in [0.717, 1.165) is 4.47 Å². The molecule has 0 spiro atoms. The summed E-state index contributed by atoms with van der Waals surface area (Å²) in [5.74, 6) is 0. The van der Waals surface area contributed by atoms with Gasteiger partial charge in [0.15, 0.2) is 0 Å². The summed E-state index contributed by atoms with van der Waals surface area (Å²) in [6.45, 7) is 0. The van der Waals surface area contributed by atoms with Crippen LogP contribution in [0.4, 0.5) is 21.9 Å². The van der Waals surface area contributed by atoms with Crippen LogP contribution in [0, 0.1) is 0 Å². The monoisotopic (exact) mass is 451 g/mol. The molecule has 0 atom stereocenters. The average molecular weight is 454 g/mol. The van der Waals surface area contributed by atoms with E-state index >= 15 is 0 Å². The summed E-state index contributed by atoms with van der Waals surface area (Å²) in [5, 5.41) is 6.16. The van der Waals surface area contributed by atoms with Gasteiger partial charge < -0.3 is 16.4 Å². The zero-order valence-electron chi connectivity index (χ0n) is 10.4.